The van der Waals surface area contributed by atoms with Crippen molar-refractivity contribution >= 4 is 64.5 Å². The summed E-state index contributed by atoms with van der Waals surface area (Å²) in [4.78, 5) is 43.8. The van der Waals surface area contributed by atoms with Gasteiger partial charge in [-0.15, -0.1) is 11.8 Å². The molecule has 2 heterocycles. The van der Waals surface area contributed by atoms with Gasteiger partial charge in [-0.1, -0.05) is 40.9 Å². The van der Waals surface area contributed by atoms with E-state index in [1.807, 2.05) is 0 Å². The Morgan fingerprint density at radius 3 is 2.45 bits per heavy atom. The Morgan fingerprint density at radius 1 is 1.16 bits per heavy atom. The highest BCUT2D eigenvalue weighted by atomic mass is 35.5. The molecule has 0 spiro atoms. The zero-order valence-electron chi connectivity index (χ0n) is 21.3. The van der Waals surface area contributed by atoms with E-state index in [1.54, 1.807) is 51.1 Å². The Bertz CT molecular complexity index is 1170. The van der Waals surface area contributed by atoms with Crippen LogP contribution in [-0.2, 0) is 32.1 Å². The average Bonchev–Trinajstić information content (AvgIpc) is 3.33. The van der Waals surface area contributed by atoms with E-state index >= 15 is 0 Å². The Morgan fingerprint density at radius 2 is 1.84 bits per heavy atom. The van der Waals surface area contributed by atoms with Gasteiger partial charge in [0.15, 0.2) is 10.9 Å². The maximum absolute atomic E-state index is 13.1. The zero-order chi connectivity index (χ0) is 28.0. The number of rotatable bonds is 8. The number of pyridine rings is 1. The Labute approximate surface area is 240 Å². The maximum atomic E-state index is 13.1. The van der Waals surface area contributed by atoms with Gasteiger partial charge in [-0.05, 0) is 45.0 Å². The normalized spacial score (nSPS) is 16.1. The number of ether oxygens (including phenoxy) is 3. The zero-order valence-corrected chi connectivity index (χ0v) is 24.3. The molecule has 0 radical (unpaired) electrons. The molecule has 0 unspecified atom stereocenters. The number of halogens is 3. The number of carbonyl (C=O) groups excluding carboxylic acids is 3. The van der Waals surface area contributed by atoms with Gasteiger partial charge in [-0.3, -0.25) is 9.69 Å². The molecule has 3 rings (SSSR count). The van der Waals surface area contributed by atoms with Crippen LogP contribution in [0.1, 0.15) is 32.0 Å². The maximum Gasteiger partial charge on any atom is 0.411 e. The summed E-state index contributed by atoms with van der Waals surface area (Å²) in [5.41, 5.74) is 0.314. The molecular formula is C25H28Cl3N3O6S. The van der Waals surface area contributed by atoms with E-state index in [2.05, 4.69) is 10.3 Å². The monoisotopic (exact) mass is 603 g/mol. The molecule has 1 fully saturated rings. The van der Waals surface area contributed by atoms with Crippen molar-refractivity contribution in [3.63, 3.8) is 0 Å². The van der Waals surface area contributed by atoms with Crippen molar-refractivity contribution in [1.29, 1.82) is 0 Å². The van der Waals surface area contributed by atoms with E-state index in [9.17, 15) is 14.4 Å². The number of thioether (sulfide) groups is 1. The smallest absolute Gasteiger partial charge is 0.411 e. The lowest BCUT2D eigenvalue weighted by molar-refractivity contribution is -0.145. The second kappa shape index (κ2) is 13.1. The molecule has 1 aliphatic rings. The number of benzene rings is 1. The summed E-state index contributed by atoms with van der Waals surface area (Å²) >= 11 is 20.1. The van der Waals surface area contributed by atoms with Gasteiger partial charge in [0.25, 0.3) is 0 Å². The predicted octanol–water partition coefficient (Wildman–Crippen LogP) is 5.13. The first-order chi connectivity index (χ1) is 17.9. The van der Waals surface area contributed by atoms with E-state index in [0.717, 1.165) is 0 Å². The van der Waals surface area contributed by atoms with Crippen LogP contribution >= 0.6 is 46.6 Å². The second-order valence-electron chi connectivity index (χ2n) is 9.33. The number of esters is 1. The number of nitrogens with one attached hydrogen (secondary N) is 1. The van der Waals surface area contributed by atoms with E-state index in [1.165, 1.54) is 23.8 Å². The summed E-state index contributed by atoms with van der Waals surface area (Å²) in [6.07, 6.45) is -0.597. The van der Waals surface area contributed by atoms with Crippen molar-refractivity contribution in [1.82, 2.24) is 15.2 Å². The van der Waals surface area contributed by atoms with Crippen LogP contribution in [0.25, 0.3) is 0 Å². The molecular weight excluding hydrogens is 577 g/mol. The molecule has 2 amide bonds. The van der Waals surface area contributed by atoms with Crippen molar-refractivity contribution in [2.75, 3.05) is 18.7 Å². The summed E-state index contributed by atoms with van der Waals surface area (Å²) in [6.45, 7) is 5.32. The van der Waals surface area contributed by atoms with Gasteiger partial charge in [0, 0.05) is 33.5 Å². The predicted molar refractivity (Wildman–Crippen MR) is 147 cm³/mol. The summed E-state index contributed by atoms with van der Waals surface area (Å²) in [6, 6.07) is 6.50. The molecule has 1 aromatic heterocycles. The molecule has 206 valence electrons. The molecule has 0 saturated carbocycles. The van der Waals surface area contributed by atoms with Crippen molar-refractivity contribution in [3.05, 3.63) is 56.8 Å². The highest BCUT2D eigenvalue weighted by Crippen LogP contribution is 2.29. The van der Waals surface area contributed by atoms with Crippen LogP contribution in [0.4, 0.5) is 4.79 Å². The Kier molecular flexibility index (Phi) is 10.4. The van der Waals surface area contributed by atoms with Gasteiger partial charge < -0.3 is 19.5 Å². The van der Waals surface area contributed by atoms with Crippen LogP contribution in [0, 0.1) is 0 Å². The number of hydrogen-bond acceptors (Lipinski definition) is 8. The van der Waals surface area contributed by atoms with E-state index < -0.39 is 35.7 Å². The van der Waals surface area contributed by atoms with Gasteiger partial charge in [-0.25, -0.2) is 14.6 Å². The Balaban J connectivity index is 1.68. The van der Waals surface area contributed by atoms with E-state index in [-0.39, 0.29) is 18.2 Å². The van der Waals surface area contributed by atoms with Crippen molar-refractivity contribution in [2.45, 2.75) is 51.5 Å². The van der Waals surface area contributed by atoms with Gasteiger partial charge in [0.1, 0.15) is 24.3 Å². The first kappa shape index (κ1) is 30.1. The third-order valence-corrected chi connectivity index (χ3v) is 7.33. The number of aromatic nitrogens is 1. The average molecular weight is 605 g/mol. The lowest BCUT2D eigenvalue weighted by atomic mass is 10.1. The highest BCUT2D eigenvalue weighted by molar-refractivity contribution is 7.99. The molecule has 2 aromatic rings. The molecule has 1 aromatic carbocycles. The van der Waals surface area contributed by atoms with Crippen LogP contribution in [0.3, 0.4) is 0 Å². The number of hydrogen-bond donors (Lipinski definition) is 1. The standard InChI is InChI=1S/C25H28Cl3N3O6S/c1-25(2,3)37-24(34)31-13-38-12-19(31)22(32)30-18(23(33)35-4)10-14-8-9-20(21(28)29-14)36-11-15-16(26)6-5-7-17(15)27/h5-9,18-19H,10-13H2,1-4H3,(H,30,32)/t18-,19-/m0/s1. The molecule has 2 atom stereocenters. The first-order valence-electron chi connectivity index (χ1n) is 11.6. The minimum absolute atomic E-state index is 0.00105. The number of amides is 2. The van der Waals surface area contributed by atoms with Gasteiger partial charge >= 0.3 is 12.1 Å². The summed E-state index contributed by atoms with van der Waals surface area (Å²) < 4.78 is 16.0. The fourth-order valence-corrected chi connectivity index (χ4v) is 5.35. The summed E-state index contributed by atoms with van der Waals surface area (Å²) in [7, 11) is 1.22. The van der Waals surface area contributed by atoms with Gasteiger partial charge in [0.2, 0.25) is 5.91 Å². The quantitative estimate of drug-likeness (QED) is 0.326. The van der Waals surface area contributed by atoms with E-state index in [4.69, 9.17) is 49.0 Å². The number of methoxy groups -OCH3 is 1. The number of nitrogens with zero attached hydrogens (tertiary/aromatic N) is 2. The van der Waals surface area contributed by atoms with Crippen LogP contribution in [0.5, 0.6) is 5.75 Å². The lowest BCUT2D eigenvalue weighted by Gasteiger charge is -2.28. The fraction of sp³-hybridized carbons (Fsp3) is 0.440. The van der Waals surface area contributed by atoms with Crippen molar-refractivity contribution < 1.29 is 28.6 Å². The lowest BCUT2D eigenvalue weighted by Crippen LogP contribution is -2.53. The first-order valence-corrected chi connectivity index (χ1v) is 13.8. The van der Waals surface area contributed by atoms with Gasteiger partial charge in [0.05, 0.1) is 13.0 Å². The van der Waals surface area contributed by atoms with Crippen molar-refractivity contribution in [3.8, 4) is 5.75 Å². The third kappa shape index (κ3) is 8.05. The number of carbonyl (C=O) groups is 3. The molecule has 9 nitrogen and oxygen atoms in total. The molecule has 0 aliphatic carbocycles. The minimum atomic E-state index is -1.06. The van der Waals surface area contributed by atoms with Crippen LogP contribution in [-0.4, -0.2) is 64.3 Å². The second-order valence-corrected chi connectivity index (χ2v) is 11.5. The van der Waals surface area contributed by atoms with Crippen LogP contribution < -0.4 is 10.1 Å². The molecule has 13 heteroatoms. The largest absolute Gasteiger partial charge is 0.486 e. The summed E-state index contributed by atoms with van der Waals surface area (Å²) in [5, 5.41) is 3.66. The highest BCUT2D eigenvalue weighted by Gasteiger charge is 2.38. The Hall–Kier alpha value is -2.40. The summed E-state index contributed by atoms with van der Waals surface area (Å²) in [5.74, 6) is -0.210. The third-order valence-electron chi connectivity index (χ3n) is 5.33. The molecule has 1 aliphatic heterocycles. The van der Waals surface area contributed by atoms with Crippen LogP contribution in [0.2, 0.25) is 15.2 Å². The molecule has 38 heavy (non-hydrogen) atoms. The van der Waals surface area contributed by atoms with E-state index in [0.29, 0.717) is 38.7 Å². The minimum Gasteiger partial charge on any atom is -0.486 e. The molecule has 0 bridgehead atoms. The molecule has 1 saturated heterocycles. The SMILES string of the molecule is COC(=O)[C@H](Cc1ccc(OCc2c(Cl)cccc2Cl)c(Cl)n1)NC(=O)[C@@H]1CSCN1C(=O)OC(C)(C)C. The molecule has 1 N–H and O–H groups in total. The topological polar surface area (TPSA) is 107 Å². The van der Waals surface area contributed by atoms with Crippen LogP contribution in [0.15, 0.2) is 30.3 Å². The van der Waals surface area contributed by atoms with Gasteiger partial charge in [-0.2, -0.15) is 0 Å². The fourth-order valence-electron chi connectivity index (χ4n) is 3.47. The van der Waals surface area contributed by atoms with Crippen molar-refractivity contribution in [2.24, 2.45) is 0 Å².